The van der Waals surface area contributed by atoms with Crippen molar-refractivity contribution in [2.24, 2.45) is 0 Å². The maximum atomic E-state index is 5.70. The summed E-state index contributed by atoms with van der Waals surface area (Å²) in [7, 11) is 2.00. The zero-order valence-corrected chi connectivity index (χ0v) is 6.44. The summed E-state index contributed by atoms with van der Waals surface area (Å²) in [5.41, 5.74) is -0.0679. The van der Waals surface area contributed by atoms with Gasteiger partial charge in [0.15, 0.2) is 0 Å². The summed E-state index contributed by atoms with van der Waals surface area (Å²) < 4.78 is 0. The SMILES string of the molecule is CN1C=CNC1(C)CCl. The standard InChI is InChI=1S/C6H11ClN2/c1-6(5-7)8-3-4-9(6)2/h3-4,8H,5H2,1-2H3. The molecule has 0 saturated heterocycles. The molecule has 0 aromatic heterocycles. The van der Waals surface area contributed by atoms with Gasteiger partial charge in [-0.15, -0.1) is 11.6 Å². The van der Waals surface area contributed by atoms with Crippen molar-refractivity contribution in [3.63, 3.8) is 0 Å². The number of nitrogens with zero attached hydrogens (tertiary/aromatic N) is 1. The van der Waals surface area contributed by atoms with Crippen LogP contribution in [0.15, 0.2) is 12.4 Å². The fourth-order valence-corrected chi connectivity index (χ4v) is 0.993. The average molecular weight is 147 g/mol. The molecule has 9 heavy (non-hydrogen) atoms. The molecule has 1 rings (SSSR count). The molecule has 1 atom stereocenters. The summed E-state index contributed by atoms with van der Waals surface area (Å²) in [6.45, 7) is 2.06. The third-order valence-electron chi connectivity index (χ3n) is 1.73. The van der Waals surface area contributed by atoms with E-state index in [0.717, 1.165) is 0 Å². The summed E-state index contributed by atoms with van der Waals surface area (Å²) in [5, 5.41) is 3.15. The minimum atomic E-state index is -0.0679. The van der Waals surface area contributed by atoms with Gasteiger partial charge in [-0.1, -0.05) is 0 Å². The van der Waals surface area contributed by atoms with Crippen LogP contribution < -0.4 is 5.32 Å². The summed E-state index contributed by atoms with van der Waals surface area (Å²) >= 11 is 5.70. The van der Waals surface area contributed by atoms with Gasteiger partial charge in [-0.05, 0) is 6.92 Å². The molecule has 1 heterocycles. The highest BCUT2D eigenvalue weighted by atomic mass is 35.5. The van der Waals surface area contributed by atoms with Crippen molar-refractivity contribution in [3.8, 4) is 0 Å². The van der Waals surface area contributed by atoms with Crippen molar-refractivity contribution in [2.45, 2.75) is 12.6 Å². The monoisotopic (exact) mass is 146 g/mol. The van der Waals surface area contributed by atoms with Crippen molar-refractivity contribution in [2.75, 3.05) is 12.9 Å². The Morgan fingerprint density at radius 3 is 2.67 bits per heavy atom. The Morgan fingerprint density at radius 2 is 2.44 bits per heavy atom. The molecule has 0 fully saturated rings. The van der Waals surface area contributed by atoms with E-state index in [1.165, 1.54) is 0 Å². The molecule has 0 aromatic rings. The van der Waals surface area contributed by atoms with Gasteiger partial charge >= 0.3 is 0 Å². The molecule has 1 unspecified atom stereocenters. The van der Waals surface area contributed by atoms with E-state index in [-0.39, 0.29) is 5.66 Å². The summed E-state index contributed by atoms with van der Waals surface area (Å²) in [5.74, 6) is 0.594. The van der Waals surface area contributed by atoms with Crippen LogP contribution in [0.2, 0.25) is 0 Å². The van der Waals surface area contributed by atoms with Crippen molar-refractivity contribution in [3.05, 3.63) is 12.4 Å². The van der Waals surface area contributed by atoms with Crippen molar-refractivity contribution >= 4 is 11.6 Å². The Bertz CT molecular complexity index is 135. The first-order valence-corrected chi connectivity index (χ1v) is 3.46. The van der Waals surface area contributed by atoms with Crippen LogP contribution in [0.25, 0.3) is 0 Å². The lowest BCUT2D eigenvalue weighted by molar-refractivity contribution is 0.228. The van der Waals surface area contributed by atoms with Crippen LogP contribution in [-0.2, 0) is 0 Å². The highest BCUT2D eigenvalue weighted by Gasteiger charge is 2.27. The topological polar surface area (TPSA) is 15.3 Å². The van der Waals surface area contributed by atoms with Gasteiger partial charge in [0, 0.05) is 19.4 Å². The second-order valence-corrected chi connectivity index (χ2v) is 2.75. The van der Waals surface area contributed by atoms with Crippen LogP contribution in [-0.4, -0.2) is 23.5 Å². The Balaban J connectivity index is 2.62. The molecule has 0 bridgehead atoms. The third kappa shape index (κ3) is 0.990. The van der Waals surface area contributed by atoms with Crippen molar-refractivity contribution in [1.82, 2.24) is 10.2 Å². The lowest BCUT2D eigenvalue weighted by Crippen LogP contribution is -2.48. The van der Waals surface area contributed by atoms with Gasteiger partial charge in [0.2, 0.25) is 0 Å². The van der Waals surface area contributed by atoms with Gasteiger partial charge in [0.25, 0.3) is 0 Å². The molecule has 3 heteroatoms. The van der Waals surface area contributed by atoms with E-state index in [0.29, 0.717) is 5.88 Å². The van der Waals surface area contributed by atoms with Gasteiger partial charge < -0.3 is 10.2 Å². The number of halogens is 1. The molecule has 2 nitrogen and oxygen atoms in total. The Kier molecular flexibility index (Phi) is 1.58. The number of hydrogen-bond donors (Lipinski definition) is 1. The fourth-order valence-electron chi connectivity index (χ4n) is 0.728. The van der Waals surface area contributed by atoms with Crippen molar-refractivity contribution in [1.29, 1.82) is 0 Å². The average Bonchev–Trinajstić information content (AvgIpc) is 2.15. The second-order valence-electron chi connectivity index (χ2n) is 2.48. The van der Waals surface area contributed by atoms with Gasteiger partial charge in [-0.3, -0.25) is 0 Å². The van der Waals surface area contributed by atoms with E-state index in [1.54, 1.807) is 0 Å². The molecule has 1 aliphatic rings. The largest absolute Gasteiger partial charge is 0.367 e. The fraction of sp³-hybridized carbons (Fsp3) is 0.667. The van der Waals surface area contributed by atoms with Crippen LogP contribution in [0, 0.1) is 0 Å². The molecule has 0 amide bonds. The second kappa shape index (κ2) is 2.10. The van der Waals surface area contributed by atoms with E-state index >= 15 is 0 Å². The minimum absolute atomic E-state index is 0.0679. The van der Waals surface area contributed by atoms with Gasteiger partial charge in [-0.2, -0.15) is 0 Å². The number of rotatable bonds is 1. The van der Waals surface area contributed by atoms with E-state index in [1.807, 2.05) is 19.4 Å². The summed E-state index contributed by atoms with van der Waals surface area (Å²) in [4.78, 5) is 2.06. The van der Waals surface area contributed by atoms with E-state index < -0.39 is 0 Å². The van der Waals surface area contributed by atoms with E-state index in [9.17, 15) is 0 Å². The number of hydrogen-bond acceptors (Lipinski definition) is 2. The predicted octanol–water partition coefficient (Wildman–Crippen LogP) is 0.948. The zero-order valence-electron chi connectivity index (χ0n) is 5.69. The lowest BCUT2D eigenvalue weighted by atomic mass is 10.2. The Labute approximate surface area is 60.5 Å². The molecule has 52 valence electrons. The highest BCUT2D eigenvalue weighted by molar-refractivity contribution is 6.18. The molecule has 0 radical (unpaired) electrons. The molecule has 1 N–H and O–H groups in total. The van der Waals surface area contributed by atoms with Gasteiger partial charge in [-0.25, -0.2) is 0 Å². The molecule has 0 spiro atoms. The smallest absolute Gasteiger partial charge is 0.120 e. The first kappa shape index (κ1) is 6.75. The van der Waals surface area contributed by atoms with Gasteiger partial charge in [0.1, 0.15) is 5.66 Å². The quantitative estimate of drug-likeness (QED) is 0.555. The van der Waals surface area contributed by atoms with Crippen LogP contribution in [0.1, 0.15) is 6.92 Å². The van der Waals surface area contributed by atoms with Crippen LogP contribution in [0.4, 0.5) is 0 Å². The first-order valence-electron chi connectivity index (χ1n) is 2.92. The highest BCUT2D eigenvalue weighted by Crippen LogP contribution is 2.15. The number of alkyl halides is 1. The molecule has 1 aliphatic heterocycles. The lowest BCUT2D eigenvalue weighted by Gasteiger charge is -2.31. The molecule has 0 aromatic carbocycles. The Morgan fingerprint density at radius 1 is 1.78 bits per heavy atom. The minimum Gasteiger partial charge on any atom is -0.367 e. The maximum absolute atomic E-state index is 5.70. The molecule has 0 saturated carbocycles. The third-order valence-corrected chi connectivity index (χ3v) is 2.25. The van der Waals surface area contributed by atoms with Crippen molar-refractivity contribution < 1.29 is 0 Å². The van der Waals surface area contributed by atoms with Crippen LogP contribution >= 0.6 is 11.6 Å². The summed E-state index contributed by atoms with van der Waals surface area (Å²) in [6.07, 6.45) is 3.88. The van der Waals surface area contributed by atoms with Crippen LogP contribution in [0.3, 0.4) is 0 Å². The molecular formula is C6H11ClN2. The Hall–Kier alpha value is -0.370. The maximum Gasteiger partial charge on any atom is 0.120 e. The molecular weight excluding hydrogens is 136 g/mol. The normalized spacial score (nSPS) is 33.0. The first-order chi connectivity index (χ1) is 4.19. The van der Waals surface area contributed by atoms with Crippen LogP contribution in [0.5, 0.6) is 0 Å². The van der Waals surface area contributed by atoms with Gasteiger partial charge in [0.05, 0.1) is 5.88 Å². The summed E-state index contributed by atoms with van der Waals surface area (Å²) in [6, 6.07) is 0. The molecule has 0 aliphatic carbocycles. The number of nitrogens with one attached hydrogen (secondary N) is 1. The predicted molar refractivity (Wildman–Crippen MR) is 39.2 cm³/mol. The van der Waals surface area contributed by atoms with E-state index in [4.69, 9.17) is 11.6 Å². The zero-order chi connectivity index (χ0) is 6.91. The van der Waals surface area contributed by atoms with E-state index in [2.05, 4.69) is 17.1 Å².